The number of aromatic amines is 1. The Balaban J connectivity index is 1.83. The minimum atomic E-state index is -3.81. The fraction of sp³-hybridized carbons (Fsp3) is 0.143. The van der Waals surface area contributed by atoms with Gasteiger partial charge in [-0.1, -0.05) is 28.5 Å². The molecule has 0 fully saturated rings. The number of aryl methyl sites for hydroxylation is 1. The van der Waals surface area contributed by atoms with Crippen LogP contribution in [0.5, 0.6) is 0 Å². The third kappa shape index (κ3) is 4.44. The number of carbonyl (C=O) groups is 2. The third-order valence-corrected chi connectivity index (χ3v) is 5.82. The fourth-order valence-corrected chi connectivity index (χ4v) is 4.26. The number of carbonyl (C=O) groups excluding carboxylic acids is 2. The molecule has 0 saturated heterocycles. The number of anilines is 2. The van der Waals surface area contributed by atoms with Gasteiger partial charge >= 0.3 is 0 Å². The first-order valence-electron chi connectivity index (χ1n) is 8.88. The second-order valence-electron chi connectivity index (χ2n) is 6.63. The molecular formula is C21H21N3O4S. The molecule has 1 unspecified atom stereocenters. The van der Waals surface area contributed by atoms with Crippen LogP contribution in [0.4, 0.5) is 11.4 Å². The molecule has 1 amide bonds. The van der Waals surface area contributed by atoms with Crippen LogP contribution in [0.1, 0.15) is 39.0 Å². The molecule has 3 N–H and O–H groups in total. The Bertz CT molecular complexity index is 1120. The lowest BCUT2D eigenvalue weighted by Gasteiger charge is -2.16. The molecule has 1 atom stereocenters. The molecule has 0 radical (unpaired) electrons. The topological polar surface area (TPSA) is 114 Å². The molecule has 0 aliphatic carbocycles. The van der Waals surface area contributed by atoms with Crippen LogP contribution in [0.25, 0.3) is 0 Å². The quantitative estimate of drug-likeness (QED) is 0.418. The van der Waals surface area contributed by atoms with E-state index in [1.54, 1.807) is 56.3 Å². The zero-order chi connectivity index (χ0) is 21.2. The van der Waals surface area contributed by atoms with E-state index < -0.39 is 16.3 Å². The summed E-state index contributed by atoms with van der Waals surface area (Å²) >= 11 is 0. The lowest BCUT2D eigenvalue weighted by molar-refractivity contribution is 0.101. The van der Waals surface area contributed by atoms with E-state index in [9.17, 15) is 18.4 Å². The van der Waals surface area contributed by atoms with Crippen LogP contribution >= 0.6 is 0 Å². The van der Waals surface area contributed by atoms with Gasteiger partial charge in [0.2, 0.25) is 0 Å². The van der Waals surface area contributed by atoms with Gasteiger partial charge < -0.3 is 14.9 Å². The highest BCUT2D eigenvalue weighted by molar-refractivity contribution is 7.98. The van der Waals surface area contributed by atoms with Gasteiger partial charge in [-0.3, -0.25) is 9.59 Å². The molecule has 0 saturated carbocycles. The summed E-state index contributed by atoms with van der Waals surface area (Å²) in [5.41, 5.74) is 2.69. The largest absolute Gasteiger partial charge is 0.588 e. The summed E-state index contributed by atoms with van der Waals surface area (Å²) in [5.74, 6) is -0.584. The summed E-state index contributed by atoms with van der Waals surface area (Å²) in [6, 6.07) is 14.5. The van der Waals surface area contributed by atoms with Crippen LogP contribution in [0, 0.1) is 13.8 Å². The molecule has 2 aromatic carbocycles. The van der Waals surface area contributed by atoms with Gasteiger partial charge in [-0.05, 0) is 50.6 Å². The highest BCUT2D eigenvalue weighted by atomic mass is 32.3. The predicted octanol–water partition coefficient (Wildman–Crippen LogP) is 4.10. The van der Waals surface area contributed by atoms with E-state index in [1.807, 2.05) is 0 Å². The van der Waals surface area contributed by atoms with Crippen molar-refractivity contribution in [2.75, 3.05) is 10.0 Å². The second-order valence-corrected chi connectivity index (χ2v) is 8.32. The molecule has 0 bridgehead atoms. The number of H-pyrrole nitrogens is 1. The third-order valence-electron chi connectivity index (χ3n) is 4.44. The van der Waals surface area contributed by atoms with Gasteiger partial charge in [0.1, 0.15) is 5.69 Å². The van der Waals surface area contributed by atoms with Crippen LogP contribution < -0.4 is 10.0 Å². The number of hydrogen-bond donors (Lipinski definition) is 3. The van der Waals surface area contributed by atoms with Crippen molar-refractivity contribution < 1.29 is 18.4 Å². The minimum Gasteiger partial charge on any atom is -0.588 e. The summed E-state index contributed by atoms with van der Waals surface area (Å²) < 4.78 is 27.7. The summed E-state index contributed by atoms with van der Waals surface area (Å²) in [6.45, 7) is 4.86. The van der Waals surface area contributed by atoms with Crippen molar-refractivity contribution in [3.63, 3.8) is 0 Å². The molecule has 1 aromatic heterocycles. The summed E-state index contributed by atoms with van der Waals surface area (Å²) in [6.07, 6.45) is 0. The van der Waals surface area contributed by atoms with E-state index in [0.29, 0.717) is 28.2 Å². The summed E-state index contributed by atoms with van der Waals surface area (Å²) in [7, 11) is -3.81. The average Bonchev–Trinajstić information content (AvgIpc) is 2.97. The van der Waals surface area contributed by atoms with Crippen LogP contribution in [0.3, 0.4) is 0 Å². The van der Waals surface area contributed by atoms with E-state index in [1.165, 1.54) is 19.1 Å². The van der Waals surface area contributed by atoms with Gasteiger partial charge in [-0.15, -0.1) is 0 Å². The van der Waals surface area contributed by atoms with E-state index in [2.05, 4.69) is 15.0 Å². The maximum atomic E-state index is 12.7. The van der Waals surface area contributed by atoms with Crippen molar-refractivity contribution in [2.24, 2.45) is 0 Å². The van der Waals surface area contributed by atoms with E-state index >= 15 is 0 Å². The Morgan fingerprint density at radius 2 is 1.66 bits per heavy atom. The Labute approximate surface area is 169 Å². The first-order chi connectivity index (χ1) is 13.7. The molecule has 150 valence electrons. The Kier molecular flexibility index (Phi) is 5.67. The van der Waals surface area contributed by atoms with Gasteiger partial charge in [0, 0.05) is 23.0 Å². The molecule has 0 aliphatic heterocycles. The number of Topliss-reactive ketones (excluding diaryl/α,β-unsaturated/α-hetero) is 1. The Morgan fingerprint density at radius 3 is 2.28 bits per heavy atom. The molecule has 7 nitrogen and oxygen atoms in total. The van der Waals surface area contributed by atoms with E-state index in [-0.39, 0.29) is 16.4 Å². The highest BCUT2D eigenvalue weighted by Crippen LogP contribution is 2.24. The number of benzene rings is 2. The zero-order valence-corrected chi connectivity index (χ0v) is 17.1. The number of rotatable bonds is 6. The SMILES string of the molecule is CC(=O)c1c(C)[nH]c(C(=O)Nc2cccc([S+](=O)([O-])Nc3ccccc3)c2)c1C. The predicted molar refractivity (Wildman–Crippen MR) is 112 cm³/mol. The van der Waals surface area contributed by atoms with Crippen molar-refractivity contribution in [1.29, 1.82) is 0 Å². The molecule has 29 heavy (non-hydrogen) atoms. The minimum absolute atomic E-state index is 0.0166. The van der Waals surface area contributed by atoms with E-state index in [0.717, 1.165) is 0 Å². The lowest BCUT2D eigenvalue weighted by atomic mass is 10.1. The van der Waals surface area contributed by atoms with Crippen molar-refractivity contribution in [1.82, 2.24) is 4.98 Å². The number of aromatic nitrogens is 1. The summed E-state index contributed by atoms with van der Waals surface area (Å²) in [4.78, 5) is 27.4. The maximum Gasteiger partial charge on any atom is 0.272 e. The number of hydrogen-bond acceptors (Lipinski definition) is 4. The molecule has 3 aromatic rings. The van der Waals surface area contributed by atoms with Crippen LogP contribution in [-0.4, -0.2) is 21.2 Å². The first-order valence-corrected chi connectivity index (χ1v) is 10.4. The van der Waals surface area contributed by atoms with Crippen molar-refractivity contribution >= 4 is 33.5 Å². The molecule has 3 rings (SSSR count). The monoisotopic (exact) mass is 411 g/mol. The van der Waals surface area contributed by atoms with Crippen molar-refractivity contribution in [3.8, 4) is 0 Å². The van der Waals surface area contributed by atoms with Crippen molar-refractivity contribution in [2.45, 2.75) is 25.7 Å². The smallest absolute Gasteiger partial charge is 0.272 e. The molecule has 0 spiro atoms. The highest BCUT2D eigenvalue weighted by Gasteiger charge is 2.23. The van der Waals surface area contributed by atoms with Crippen LogP contribution in [0.15, 0.2) is 59.5 Å². The molecular weight excluding hydrogens is 390 g/mol. The number of ketones is 1. The van der Waals surface area contributed by atoms with E-state index in [4.69, 9.17) is 0 Å². The van der Waals surface area contributed by atoms with Gasteiger partial charge in [0.15, 0.2) is 21.1 Å². The van der Waals surface area contributed by atoms with Gasteiger partial charge in [-0.25, -0.2) is 4.72 Å². The van der Waals surface area contributed by atoms with Gasteiger partial charge in [0.05, 0.1) is 5.69 Å². The fourth-order valence-electron chi connectivity index (χ4n) is 3.16. The number of para-hydroxylation sites is 1. The first kappa shape index (κ1) is 20.5. The number of sulfonamides is 1. The van der Waals surface area contributed by atoms with Gasteiger partial charge in [0.25, 0.3) is 5.91 Å². The zero-order valence-electron chi connectivity index (χ0n) is 16.2. The number of amides is 1. The lowest BCUT2D eigenvalue weighted by Crippen LogP contribution is -2.21. The normalized spacial score (nSPS) is 12.8. The van der Waals surface area contributed by atoms with Crippen molar-refractivity contribution in [3.05, 3.63) is 77.1 Å². The van der Waals surface area contributed by atoms with Crippen LogP contribution in [0.2, 0.25) is 0 Å². The molecule has 1 heterocycles. The van der Waals surface area contributed by atoms with Gasteiger partial charge in [-0.2, -0.15) is 0 Å². The molecule has 8 heteroatoms. The second kappa shape index (κ2) is 8.02. The maximum absolute atomic E-state index is 12.7. The average molecular weight is 411 g/mol. The number of nitrogens with one attached hydrogen (secondary N) is 3. The standard InChI is InChI=1S/C21H21N3O4S/c1-13-19(15(3)25)14(2)22-20(13)21(26)23-17-10-7-11-18(12-17)29(27,28)24-16-8-5-4-6-9-16/h4-12H,1-3H3,(H3-,22,23,24,25,26,27,28). The van der Waals surface area contributed by atoms with Crippen LogP contribution in [-0.2, 0) is 14.6 Å². The Morgan fingerprint density at radius 1 is 1.00 bits per heavy atom. The summed E-state index contributed by atoms with van der Waals surface area (Å²) in [5, 5.41) is 2.68. The molecule has 0 aliphatic rings. The Hall–Kier alpha value is -3.23.